The van der Waals surface area contributed by atoms with Crippen molar-refractivity contribution < 1.29 is 33.0 Å². The van der Waals surface area contributed by atoms with Crippen LogP contribution in [0.15, 0.2) is 111 Å². The van der Waals surface area contributed by atoms with E-state index < -0.39 is 35.4 Å². The second-order valence-corrected chi connectivity index (χ2v) is 16.9. The molecule has 0 aliphatic carbocycles. The number of hydrogen-bond acceptors (Lipinski definition) is 8. The van der Waals surface area contributed by atoms with Gasteiger partial charge in [-0.2, -0.15) is 0 Å². The zero-order valence-corrected chi connectivity index (χ0v) is 34.9. The van der Waals surface area contributed by atoms with Crippen molar-refractivity contribution in [3.63, 3.8) is 0 Å². The monoisotopic (exact) mass is 804 g/mol. The number of aryl methyl sites for hydroxylation is 2. The number of ether oxygens (including phenoxy) is 4. The molecule has 0 fully saturated rings. The summed E-state index contributed by atoms with van der Waals surface area (Å²) in [4.78, 5) is 42.5. The van der Waals surface area contributed by atoms with Crippen LogP contribution in [0.1, 0.15) is 97.1 Å². The van der Waals surface area contributed by atoms with E-state index in [1.54, 1.807) is 19.2 Å². The lowest BCUT2D eigenvalue weighted by Gasteiger charge is -2.44. The SMILES string of the molecule is COCCc1cc2ccc3c(c2oc1=O)[C@H]1OC(=O)C[C@H](CCc2cccc(Cc4ccccc4)c2)Cc2ccc4cc2CC#CC[C@](C)(O3)[C@H]1OC(=O)C(=C(C)C)CC4. The second kappa shape index (κ2) is 17.7. The Morgan fingerprint density at radius 1 is 0.817 bits per heavy atom. The predicted molar refractivity (Wildman–Crippen MR) is 231 cm³/mol. The Bertz CT molecular complexity index is 2570. The third-order valence-corrected chi connectivity index (χ3v) is 12.2. The molecule has 0 radical (unpaired) electrons. The van der Waals surface area contributed by atoms with Gasteiger partial charge in [-0.3, -0.25) is 4.79 Å². The van der Waals surface area contributed by atoms with Crippen molar-refractivity contribution in [2.24, 2.45) is 5.92 Å². The summed E-state index contributed by atoms with van der Waals surface area (Å²) in [6, 6.07) is 31.1. The second-order valence-electron chi connectivity index (χ2n) is 16.9. The highest BCUT2D eigenvalue weighted by Gasteiger charge is 2.53. The zero-order chi connectivity index (χ0) is 41.8. The summed E-state index contributed by atoms with van der Waals surface area (Å²) in [5, 5.41) is 0.627. The van der Waals surface area contributed by atoms with Gasteiger partial charge in [0.25, 0.3) is 0 Å². The summed E-state index contributed by atoms with van der Waals surface area (Å²) in [5.41, 5.74) is 7.77. The largest absolute Gasteiger partial charge is 0.482 e. The van der Waals surface area contributed by atoms with Crippen molar-refractivity contribution >= 4 is 22.9 Å². The first-order chi connectivity index (χ1) is 29.1. The van der Waals surface area contributed by atoms with E-state index in [0.29, 0.717) is 66.5 Å². The molecule has 3 aliphatic heterocycles. The molecule has 0 N–H and O–H groups in total. The van der Waals surface area contributed by atoms with Gasteiger partial charge in [0.15, 0.2) is 17.8 Å². The van der Waals surface area contributed by atoms with Crippen molar-refractivity contribution in [1.82, 2.24) is 0 Å². The molecule has 0 saturated carbocycles. The van der Waals surface area contributed by atoms with Crippen molar-refractivity contribution in [2.45, 2.75) is 103 Å². The quantitative estimate of drug-likeness (QED) is 0.0663. The summed E-state index contributed by atoms with van der Waals surface area (Å²) in [7, 11) is 1.58. The summed E-state index contributed by atoms with van der Waals surface area (Å²) >= 11 is 0. The Labute approximate surface area is 351 Å². The molecule has 308 valence electrons. The van der Waals surface area contributed by atoms with E-state index in [2.05, 4.69) is 78.6 Å². The highest BCUT2D eigenvalue weighted by molar-refractivity contribution is 5.90. The number of carbonyl (C=O) groups excluding carboxylic acids is 2. The average Bonchev–Trinajstić information content (AvgIpc) is 3.22. The molecular weight excluding hydrogens is 753 g/mol. The normalized spacial score (nSPS) is 21.4. The molecule has 60 heavy (non-hydrogen) atoms. The number of benzene rings is 4. The topological polar surface area (TPSA) is 101 Å². The molecule has 8 nitrogen and oxygen atoms in total. The fraction of sp³-hybridized carbons (Fsp3) is 0.365. The molecular formula is C52H52O8. The van der Waals surface area contributed by atoms with E-state index in [1.807, 2.05) is 32.9 Å². The fourth-order valence-electron chi connectivity index (χ4n) is 8.92. The maximum Gasteiger partial charge on any atom is 0.339 e. The highest BCUT2D eigenvalue weighted by atomic mass is 16.6. The molecule has 8 heteroatoms. The van der Waals surface area contributed by atoms with Crippen LogP contribution in [-0.2, 0) is 62.3 Å². The van der Waals surface area contributed by atoms with E-state index in [-0.39, 0.29) is 24.3 Å². The Kier molecular flexibility index (Phi) is 12.1. The van der Waals surface area contributed by atoms with Crippen LogP contribution in [0.5, 0.6) is 5.75 Å². The van der Waals surface area contributed by atoms with Gasteiger partial charge >= 0.3 is 17.6 Å². The summed E-state index contributed by atoms with van der Waals surface area (Å²) in [6.07, 6.45) is 3.04. The standard InChI is InChI=1S/C52H52O8/c1-33(2)43-22-19-36-18-20-40-30-38(17-16-35-13-10-14-37(28-35)27-34-11-6-5-7-12-34)31-45(53)57-48-46-44(23-21-41-32-42(24-26-56-4)50(54)58-47(41)46)60-52(3,49(48)59-51(43)55)25-9-8-15-39(40)29-36/h5-7,10-14,18,20-21,23,28-29,32,38,48-49H,15-17,19,22,24-27,30-31H2,1-4H3/t38-,48-,49+,52+/m1/s1. The van der Waals surface area contributed by atoms with Crippen molar-refractivity contribution in [1.29, 1.82) is 0 Å². The number of fused-ring (bicyclic) bond motifs is 7. The van der Waals surface area contributed by atoms with Crippen LogP contribution in [0.2, 0.25) is 0 Å². The van der Waals surface area contributed by atoms with Crippen LogP contribution >= 0.6 is 0 Å². The number of esters is 2. The summed E-state index contributed by atoms with van der Waals surface area (Å²) in [6.45, 7) is 6.01. The van der Waals surface area contributed by atoms with Gasteiger partial charge in [-0.1, -0.05) is 90.2 Å². The zero-order valence-electron chi connectivity index (χ0n) is 34.9. The lowest BCUT2D eigenvalue weighted by atomic mass is 9.83. The van der Waals surface area contributed by atoms with Gasteiger partial charge in [-0.05, 0) is 117 Å². The van der Waals surface area contributed by atoms with E-state index in [4.69, 9.17) is 23.4 Å². The first-order valence-corrected chi connectivity index (χ1v) is 21.1. The van der Waals surface area contributed by atoms with Crippen LogP contribution in [0.4, 0.5) is 0 Å². The third-order valence-electron chi connectivity index (χ3n) is 12.2. The average molecular weight is 805 g/mol. The van der Waals surface area contributed by atoms with E-state index in [9.17, 15) is 14.4 Å². The maximum absolute atomic E-state index is 14.6. The minimum Gasteiger partial charge on any atom is -0.482 e. The highest BCUT2D eigenvalue weighted by Crippen LogP contribution is 2.48. The predicted octanol–water partition coefficient (Wildman–Crippen LogP) is 9.33. The van der Waals surface area contributed by atoms with Crippen LogP contribution in [-0.4, -0.2) is 37.4 Å². The first kappa shape index (κ1) is 40.9. The van der Waals surface area contributed by atoms with Gasteiger partial charge in [0.1, 0.15) is 11.3 Å². The first-order valence-electron chi connectivity index (χ1n) is 21.1. The Balaban J connectivity index is 1.22. The number of carbonyl (C=O) groups is 2. The summed E-state index contributed by atoms with van der Waals surface area (Å²) < 4.78 is 31.2. The van der Waals surface area contributed by atoms with Crippen LogP contribution in [0, 0.1) is 17.8 Å². The Morgan fingerprint density at radius 2 is 1.63 bits per heavy atom. The number of rotatable bonds is 8. The van der Waals surface area contributed by atoms with E-state index >= 15 is 0 Å². The van der Waals surface area contributed by atoms with Crippen LogP contribution < -0.4 is 10.4 Å². The molecule has 1 aromatic heterocycles. The Morgan fingerprint density at radius 3 is 2.45 bits per heavy atom. The van der Waals surface area contributed by atoms with Crippen molar-refractivity contribution in [3.05, 3.63) is 157 Å². The van der Waals surface area contributed by atoms with Gasteiger partial charge in [0, 0.05) is 42.9 Å². The van der Waals surface area contributed by atoms with Crippen molar-refractivity contribution in [3.8, 4) is 17.6 Å². The molecule has 0 amide bonds. The van der Waals surface area contributed by atoms with Gasteiger partial charge in [-0.25, -0.2) is 9.59 Å². The molecule has 0 spiro atoms. The smallest absolute Gasteiger partial charge is 0.339 e. The molecule has 5 bridgehead atoms. The molecule has 4 atom stereocenters. The lowest BCUT2D eigenvalue weighted by Crippen LogP contribution is -2.54. The van der Waals surface area contributed by atoms with E-state index in [1.165, 1.54) is 16.7 Å². The fourth-order valence-corrected chi connectivity index (χ4v) is 8.92. The number of allylic oxidation sites excluding steroid dienone is 1. The van der Waals surface area contributed by atoms with Crippen LogP contribution in [0.3, 0.4) is 0 Å². The molecule has 5 aromatic rings. The van der Waals surface area contributed by atoms with E-state index in [0.717, 1.165) is 41.5 Å². The minimum absolute atomic E-state index is 0.0820. The number of hydrogen-bond donors (Lipinski definition) is 0. The lowest BCUT2D eigenvalue weighted by molar-refractivity contribution is -0.190. The molecule has 4 heterocycles. The molecule has 0 unspecified atom stereocenters. The van der Waals surface area contributed by atoms with Gasteiger partial charge in [-0.15, -0.1) is 0 Å². The summed E-state index contributed by atoms with van der Waals surface area (Å²) in [5.74, 6) is 6.13. The van der Waals surface area contributed by atoms with Gasteiger partial charge in [0.2, 0.25) is 0 Å². The van der Waals surface area contributed by atoms with Crippen molar-refractivity contribution in [2.75, 3.05) is 13.7 Å². The number of methoxy groups -OCH3 is 1. The maximum atomic E-state index is 14.6. The van der Waals surface area contributed by atoms with Crippen LogP contribution in [0.25, 0.3) is 11.0 Å². The molecule has 0 saturated heterocycles. The molecule has 3 aliphatic rings. The molecule has 4 aromatic carbocycles. The third kappa shape index (κ3) is 8.97. The van der Waals surface area contributed by atoms with Gasteiger partial charge < -0.3 is 23.4 Å². The Hall–Kier alpha value is -5.91. The van der Waals surface area contributed by atoms with Gasteiger partial charge in [0.05, 0.1) is 18.6 Å². The molecule has 8 rings (SSSR count). The minimum atomic E-state index is -1.23.